The van der Waals surface area contributed by atoms with Crippen molar-refractivity contribution in [1.82, 2.24) is 9.97 Å². The van der Waals surface area contributed by atoms with E-state index in [1.54, 1.807) is 32.4 Å². The van der Waals surface area contributed by atoms with Gasteiger partial charge in [0.15, 0.2) is 0 Å². The highest BCUT2D eigenvalue weighted by Crippen LogP contribution is 2.36. The third kappa shape index (κ3) is 2.69. The van der Waals surface area contributed by atoms with Crippen LogP contribution in [0, 0.1) is 6.92 Å². The molecule has 0 saturated carbocycles. The number of benzene rings is 2. The van der Waals surface area contributed by atoms with Gasteiger partial charge in [0.1, 0.15) is 23.1 Å². The number of aromatic amines is 1. The Labute approximate surface area is 150 Å². The Bertz CT molecular complexity index is 1060. The van der Waals surface area contributed by atoms with E-state index in [9.17, 15) is 4.79 Å². The van der Waals surface area contributed by atoms with Crippen LogP contribution in [0.5, 0.6) is 23.1 Å². The molecule has 0 aliphatic carbocycles. The van der Waals surface area contributed by atoms with Gasteiger partial charge < -0.3 is 19.2 Å². The van der Waals surface area contributed by atoms with Crippen LogP contribution in [-0.4, -0.2) is 24.2 Å². The minimum atomic E-state index is -0.220. The molecule has 2 heterocycles. The van der Waals surface area contributed by atoms with E-state index >= 15 is 0 Å². The molecular weight excluding hydrogens is 332 g/mol. The Morgan fingerprint density at radius 1 is 1.12 bits per heavy atom. The van der Waals surface area contributed by atoms with Crippen LogP contribution >= 0.6 is 0 Å². The van der Waals surface area contributed by atoms with Crippen LogP contribution in [0.3, 0.4) is 0 Å². The summed E-state index contributed by atoms with van der Waals surface area (Å²) in [5.41, 5.74) is 3.04. The zero-order valence-electron chi connectivity index (χ0n) is 14.8. The van der Waals surface area contributed by atoms with Gasteiger partial charge in [-0.1, -0.05) is 17.7 Å². The number of fused-ring (bicyclic) bond motifs is 2. The van der Waals surface area contributed by atoms with E-state index in [0.717, 1.165) is 16.9 Å². The van der Waals surface area contributed by atoms with E-state index < -0.39 is 0 Å². The highest BCUT2D eigenvalue weighted by molar-refractivity contribution is 5.67. The van der Waals surface area contributed by atoms with Gasteiger partial charge in [-0.05, 0) is 36.8 Å². The molecule has 2 aromatic carbocycles. The Kier molecular flexibility index (Phi) is 3.88. The van der Waals surface area contributed by atoms with Crippen molar-refractivity contribution in [2.45, 2.75) is 13.3 Å². The van der Waals surface area contributed by atoms with Gasteiger partial charge in [-0.15, -0.1) is 0 Å². The summed E-state index contributed by atoms with van der Waals surface area (Å²) in [5, 5.41) is 0. The first-order chi connectivity index (χ1) is 12.6. The zero-order chi connectivity index (χ0) is 18.3. The van der Waals surface area contributed by atoms with Gasteiger partial charge in [0.25, 0.3) is 5.56 Å². The molecule has 132 valence electrons. The van der Waals surface area contributed by atoms with Gasteiger partial charge in [0.05, 0.1) is 25.3 Å². The van der Waals surface area contributed by atoms with E-state index in [-0.39, 0.29) is 5.56 Å². The number of aromatic nitrogens is 2. The second-order valence-electron chi connectivity index (χ2n) is 6.15. The third-order valence-electron chi connectivity index (χ3n) is 4.43. The molecule has 1 N–H and O–H groups in total. The van der Waals surface area contributed by atoms with Crippen LogP contribution < -0.4 is 19.8 Å². The monoisotopic (exact) mass is 350 g/mol. The summed E-state index contributed by atoms with van der Waals surface area (Å²) in [5.74, 6) is 2.65. The normalized spacial score (nSPS) is 12.0. The van der Waals surface area contributed by atoms with Crippen LogP contribution in [0.25, 0.3) is 11.4 Å². The Morgan fingerprint density at radius 2 is 1.96 bits per heavy atom. The molecule has 3 aromatic rings. The molecule has 6 nitrogen and oxygen atoms in total. The lowest BCUT2D eigenvalue weighted by Gasteiger charge is -2.20. The molecule has 0 saturated heterocycles. The number of hydrogen-bond acceptors (Lipinski definition) is 5. The van der Waals surface area contributed by atoms with Crippen LogP contribution in [0.2, 0.25) is 0 Å². The lowest BCUT2D eigenvalue weighted by Crippen LogP contribution is -2.20. The first-order valence-corrected chi connectivity index (χ1v) is 8.22. The smallest absolute Gasteiger partial charge is 0.258 e. The average Bonchev–Trinajstić information content (AvgIpc) is 2.66. The van der Waals surface area contributed by atoms with Crippen molar-refractivity contribution in [2.24, 2.45) is 0 Å². The van der Waals surface area contributed by atoms with Gasteiger partial charge in [-0.2, -0.15) is 4.98 Å². The fraction of sp³-hybridized carbons (Fsp3) is 0.200. The predicted octanol–water partition coefficient (Wildman–Crippen LogP) is 3.46. The minimum absolute atomic E-state index is 0.220. The molecule has 1 aliphatic heterocycles. The Hall–Kier alpha value is -3.28. The summed E-state index contributed by atoms with van der Waals surface area (Å²) in [6.07, 6.45) is 0.490. The van der Waals surface area contributed by atoms with Gasteiger partial charge >= 0.3 is 0 Å². The van der Waals surface area contributed by atoms with Crippen molar-refractivity contribution in [3.05, 3.63) is 63.4 Å². The standard InChI is InChI=1S/C20H18N2O4/c1-11-4-6-16-12(8-11)9-15-19(23)21-18(22-20(15)26-16)14-10-13(24-2)5-7-17(14)25-3/h4-8,10H,9H2,1-3H3,(H,21,22,23). The fourth-order valence-corrected chi connectivity index (χ4v) is 3.08. The second kappa shape index (κ2) is 6.22. The predicted molar refractivity (Wildman–Crippen MR) is 97.5 cm³/mol. The maximum Gasteiger partial charge on any atom is 0.258 e. The number of aryl methyl sites for hydroxylation is 1. The molecule has 0 amide bonds. The number of nitrogens with one attached hydrogen (secondary N) is 1. The van der Waals surface area contributed by atoms with Gasteiger partial charge in [0, 0.05) is 6.42 Å². The first-order valence-electron chi connectivity index (χ1n) is 8.22. The fourth-order valence-electron chi connectivity index (χ4n) is 3.08. The highest BCUT2D eigenvalue weighted by atomic mass is 16.5. The molecule has 26 heavy (non-hydrogen) atoms. The lowest BCUT2D eigenvalue weighted by molar-refractivity contribution is 0.404. The highest BCUT2D eigenvalue weighted by Gasteiger charge is 2.23. The van der Waals surface area contributed by atoms with Crippen molar-refractivity contribution < 1.29 is 14.2 Å². The quantitative estimate of drug-likeness (QED) is 0.612. The number of methoxy groups -OCH3 is 2. The van der Waals surface area contributed by atoms with E-state index in [1.165, 1.54) is 0 Å². The van der Waals surface area contributed by atoms with Crippen molar-refractivity contribution in [1.29, 1.82) is 0 Å². The van der Waals surface area contributed by atoms with Crippen LogP contribution in [-0.2, 0) is 6.42 Å². The number of ether oxygens (including phenoxy) is 3. The molecule has 0 atom stereocenters. The van der Waals surface area contributed by atoms with E-state index in [1.807, 2.05) is 25.1 Å². The van der Waals surface area contributed by atoms with Gasteiger partial charge in [-0.3, -0.25) is 4.79 Å². The number of H-pyrrole nitrogens is 1. The largest absolute Gasteiger partial charge is 0.497 e. The molecule has 0 bridgehead atoms. The minimum Gasteiger partial charge on any atom is -0.497 e. The topological polar surface area (TPSA) is 73.4 Å². The van der Waals surface area contributed by atoms with E-state index in [2.05, 4.69) is 9.97 Å². The number of nitrogens with zero attached hydrogens (tertiary/aromatic N) is 1. The number of rotatable bonds is 3. The van der Waals surface area contributed by atoms with Crippen LogP contribution in [0.1, 0.15) is 16.7 Å². The van der Waals surface area contributed by atoms with Crippen molar-refractivity contribution >= 4 is 0 Å². The number of hydrogen-bond donors (Lipinski definition) is 1. The van der Waals surface area contributed by atoms with Gasteiger partial charge in [-0.25, -0.2) is 0 Å². The summed E-state index contributed by atoms with van der Waals surface area (Å²) >= 11 is 0. The molecule has 0 radical (unpaired) electrons. The Morgan fingerprint density at radius 3 is 2.73 bits per heavy atom. The Balaban J connectivity index is 1.84. The summed E-state index contributed by atoms with van der Waals surface area (Å²) in [7, 11) is 3.15. The molecule has 1 aromatic heterocycles. The van der Waals surface area contributed by atoms with E-state index in [0.29, 0.717) is 40.8 Å². The third-order valence-corrected chi connectivity index (χ3v) is 4.43. The van der Waals surface area contributed by atoms with Crippen molar-refractivity contribution in [3.63, 3.8) is 0 Å². The van der Waals surface area contributed by atoms with Crippen molar-refractivity contribution in [3.8, 4) is 34.5 Å². The average molecular weight is 350 g/mol. The first kappa shape index (κ1) is 16.2. The zero-order valence-corrected chi connectivity index (χ0v) is 14.8. The summed E-state index contributed by atoms with van der Waals surface area (Å²) < 4.78 is 16.6. The van der Waals surface area contributed by atoms with Crippen molar-refractivity contribution in [2.75, 3.05) is 14.2 Å². The molecule has 0 spiro atoms. The lowest BCUT2D eigenvalue weighted by atomic mass is 10.0. The maximum absolute atomic E-state index is 12.7. The van der Waals surface area contributed by atoms with Crippen LogP contribution in [0.15, 0.2) is 41.2 Å². The van der Waals surface area contributed by atoms with Crippen LogP contribution in [0.4, 0.5) is 0 Å². The molecule has 6 heteroatoms. The molecule has 0 unspecified atom stereocenters. The van der Waals surface area contributed by atoms with E-state index in [4.69, 9.17) is 14.2 Å². The summed E-state index contributed by atoms with van der Waals surface area (Å²) in [6, 6.07) is 11.2. The molecule has 4 rings (SSSR count). The maximum atomic E-state index is 12.7. The SMILES string of the molecule is COc1ccc(OC)c(-c2nc3c(c(=O)[nH]2)Cc2cc(C)ccc2O3)c1. The molecular formula is C20H18N2O4. The summed E-state index contributed by atoms with van der Waals surface area (Å²) in [6.45, 7) is 2.01. The summed E-state index contributed by atoms with van der Waals surface area (Å²) in [4.78, 5) is 20.0. The molecule has 0 fully saturated rings. The molecule has 1 aliphatic rings. The second-order valence-corrected chi connectivity index (χ2v) is 6.15. The van der Waals surface area contributed by atoms with Gasteiger partial charge in [0.2, 0.25) is 5.88 Å².